The number of anilines is 1. The third-order valence-corrected chi connectivity index (χ3v) is 4.04. The summed E-state index contributed by atoms with van der Waals surface area (Å²) >= 11 is 0. The summed E-state index contributed by atoms with van der Waals surface area (Å²) in [4.78, 5) is 6.78. The maximum atomic E-state index is 5.88. The molecule has 0 spiro atoms. The van der Waals surface area contributed by atoms with Gasteiger partial charge in [-0.3, -0.25) is 4.98 Å². The lowest BCUT2D eigenvalue weighted by Crippen LogP contribution is -2.49. The molecule has 1 saturated heterocycles. The average molecular weight is 247 g/mol. The summed E-state index contributed by atoms with van der Waals surface area (Å²) in [6.45, 7) is 2.72. The normalized spacial score (nSPS) is 27.3. The SMILES string of the molecule is CNCc1cnccc1N1CCOC2CCCC21. The lowest BCUT2D eigenvalue weighted by molar-refractivity contribution is 0.0255. The van der Waals surface area contributed by atoms with Crippen LogP contribution in [0.25, 0.3) is 0 Å². The Kier molecular flexibility index (Phi) is 3.48. The molecule has 1 aliphatic heterocycles. The minimum atomic E-state index is 0.439. The molecule has 4 nitrogen and oxygen atoms in total. The lowest BCUT2D eigenvalue weighted by atomic mass is 10.1. The van der Waals surface area contributed by atoms with E-state index in [0.29, 0.717) is 12.1 Å². The van der Waals surface area contributed by atoms with E-state index in [1.54, 1.807) is 0 Å². The van der Waals surface area contributed by atoms with Crippen molar-refractivity contribution in [3.63, 3.8) is 0 Å². The Hall–Kier alpha value is -1.13. The van der Waals surface area contributed by atoms with E-state index in [-0.39, 0.29) is 0 Å². The van der Waals surface area contributed by atoms with E-state index < -0.39 is 0 Å². The molecule has 2 heterocycles. The summed E-state index contributed by atoms with van der Waals surface area (Å²) in [5, 5.41) is 3.23. The highest BCUT2D eigenvalue weighted by molar-refractivity contribution is 5.54. The summed E-state index contributed by atoms with van der Waals surface area (Å²) in [7, 11) is 1.98. The van der Waals surface area contributed by atoms with Crippen molar-refractivity contribution in [3.8, 4) is 0 Å². The number of aromatic nitrogens is 1. The average Bonchev–Trinajstić information content (AvgIpc) is 2.88. The molecule has 1 saturated carbocycles. The van der Waals surface area contributed by atoms with Crippen LogP contribution in [0.3, 0.4) is 0 Å². The molecule has 1 N–H and O–H groups in total. The number of ether oxygens (including phenoxy) is 1. The van der Waals surface area contributed by atoms with E-state index >= 15 is 0 Å². The van der Waals surface area contributed by atoms with Crippen LogP contribution in [0.5, 0.6) is 0 Å². The fraction of sp³-hybridized carbons (Fsp3) is 0.643. The standard InChI is InChI=1S/C14H21N3O/c1-15-9-11-10-16-6-5-12(11)17-7-8-18-14-4-2-3-13(14)17/h5-6,10,13-15H,2-4,7-9H2,1H3. The van der Waals surface area contributed by atoms with E-state index in [0.717, 1.165) is 19.7 Å². The predicted molar refractivity (Wildman–Crippen MR) is 71.7 cm³/mol. The van der Waals surface area contributed by atoms with Gasteiger partial charge < -0.3 is 15.0 Å². The lowest BCUT2D eigenvalue weighted by Gasteiger charge is -2.40. The van der Waals surface area contributed by atoms with Gasteiger partial charge in [0.25, 0.3) is 0 Å². The smallest absolute Gasteiger partial charge is 0.0779 e. The van der Waals surface area contributed by atoms with Crippen LogP contribution in [0, 0.1) is 0 Å². The van der Waals surface area contributed by atoms with Crippen LogP contribution < -0.4 is 10.2 Å². The maximum absolute atomic E-state index is 5.88. The van der Waals surface area contributed by atoms with Crippen LogP contribution in [-0.4, -0.2) is 37.3 Å². The van der Waals surface area contributed by atoms with Gasteiger partial charge in [-0.15, -0.1) is 0 Å². The molecule has 3 rings (SSSR count). The van der Waals surface area contributed by atoms with Crippen LogP contribution in [0.4, 0.5) is 5.69 Å². The molecule has 0 amide bonds. The van der Waals surface area contributed by atoms with Gasteiger partial charge >= 0.3 is 0 Å². The van der Waals surface area contributed by atoms with Gasteiger partial charge in [-0.2, -0.15) is 0 Å². The van der Waals surface area contributed by atoms with Gasteiger partial charge in [0.05, 0.1) is 18.8 Å². The Bertz CT molecular complexity index is 410. The number of rotatable bonds is 3. The van der Waals surface area contributed by atoms with Gasteiger partial charge in [-0.05, 0) is 32.4 Å². The molecule has 1 aromatic heterocycles. The fourth-order valence-electron chi connectivity index (χ4n) is 3.25. The first kappa shape index (κ1) is 11.9. The van der Waals surface area contributed by atoms with Gasteiger partial charge in [0.2, 0.25) is 0 Å². The largest absolute Gasteiger partial charge is 0.374 e. The van der Waals surface area contributed by atoms with Crippen molar-refractivity contribution in [3.05, 3.63) is 24.0 Å². The summed E-state index contributed by atoms with van der Waals surface area (Å²) in [5.74, 6) is 0. The quantitative estimate of drug-likeness (QED) is 0.879. The Morgan fingerprint density at radius 3 is 3.33 bits per heavy atom. The Balaban J connectivity index is 1.88. The second kappa shape index (κ2) is 5.24. The highest BCUT2D eigenvalue weighted by Crippen LogP contribution is 2.34. The van der Waals surface area contributed by atoms with E-state index in [4.69, 9.17) is 4.74 Å². The predicted octanol–water partition coefficient (Wildman–Crippen LogP) is 1.56. The van der Waals surface area contributed by atoms with Crippen molar-refractivity contribution < 1.29 is 4.74 Å². The molecule has 2 atom stereocenters. The third-order valence-electron chi connectivity index (χ3n) is 4.04. The number of morpholine rings is 1. The Morgan fingerprint density at radius 1 is 1.50 bits per heavy atom. The first-order valence-corrected chi connectivity index (χ1v) is 6.86. The van der Waals surface area contributed by atoms with E-state index in [1.165, 1.54) is 30.5 Å². The topological polar surface area (TPSA) is 37.4 Å². The number of hydrogen-bond donors (Lipinski definition) is 1. The van der Waals surface area contributed by atoms with Crippen molar-refractivity contribution in [1.29, 1.82) is 0 Å². The van der Waals surface area contributed by atoms with E-state index in [2.05, 4.69) is 21.3 Å². The van der Waals surface area contributed by atoms with Gasteiger partial charge in [-0.1, -0.05) is 0 Å². The van der Waals surface area contributed by atoms with Crippen LogP contribution in [0.2, 0.25) is 0 Å². The number of hydrogen-bond acceptors (Lipinski definition) is 4. The third kappa shape index (κ3) is 2.10. The van der Waals surface area contributed by atoms with Crippen molar-refractivity contribution in [2.24, 2.45) is 0 Å². The summed E-state index contributed by atoms with van der Waals surface area (Å²) in [6.07, 6.45) is 8.08. The molecule has 2 unspecified atom stereocenters. The Labute approximate surface area is 108 Å². The molecule has 1 aliphatic carbocycles. The monoisotopic (exact) mass is 247 g/mol. The van der Waals surface area contributed by atoms with E-state index in [9.17, 15) is 0 Å². The highest BCUT2D eigenvalue weighted by Gasteiger charge is 2.36. The molecule has 2 aliphatic rings. The first-order chi connectivity index (χ1) is 8.90. The zero-order valence-electron chi connectivity index (χ0n) is 10.9. The molecule has 4 heteroatoms. The molecule has 98 valence electrons. The van der Waals surface area contributed by atoms with Crippen molar-refractivity contribution in [2.45, 2.75) is 38.0 Å². The summed E-state index contributed by atoms with van der Waals surface area (Å²) < 4.78 is 5.88. The number of nitrogens with one attached hydrogen (secondary N) is 1. The van der Waals surface area contributed by atoms with Crippen molar-refractivity contribution in [1.82, 2.24) is 10.3 Å². The first-order valence-electron chi connectivity index (χ1n) is 6.86. The molecule has 0 aromatic carbocycles. The molecule has 0 bridgehead atoms. The molecular formula is C14H21N3O. The van der Waals surface area contributed by atoms with Gasteiger partial charge in [-0.25, -0.2) is 0 Å². The van der Waals surface area contributed by atoms with E-state index in [1.807, 2.05) is 19.4 Å². The minimum Gasteiger partial charge on any atom is -0.374 e. The number of pyridine rings is 1. The number of fused-ring (bicyclic) bond motifs is 1. The Morgan fingerprint density at radius 2 is 2.44 bits per heavy atom. The van der Waals surface area contributed by atoms with Crippen molar-refractivity contribution in [2.75, 3.05) is 25.1 Å². The van der Waals surface area contributed by atoms with Crippen LogP contribution in [-0.2, 0) is 11.3 Å². The summed E-state index contributed by atoms with van der Waals surface area (Å²) in [6, 6.07) is 2.71. The minimum absolute atomic E-state index is 0.439. The van der Waals surface area contributed by atoms with Gasteiger partial charge in [0.15, 0.2) is 0 Å². The second-order valence-corrected chi connectivity index (χ2v) is 5.14. The second-order valence-electron chi connectivity index (χ2n) is 5.14. The van der Waals surface area contributed by atoms with Gasteiger partial charge in [0, 0.05) is 36.7 Å². The van der Waals surface area contributed by atoms with Crippen LogP contribution in [0.1, 0.15) is 24.8 Å². The fourth-order valence-corrected chi connectivity index (χ4v) is 3.25. The molecular weight excluding hydrogens is 226 g/mol. The molecule has 2 fully saturated rings. The highest BCUT2D eigenvalue weighted by atomic mass is 16.5. The molecule has 0 radical (unpaired) electrons. The zero-order valence-corrected chi connectivity index (χ0v) is 10.9. The van der Waals surface area contributed by atoms with Gasteiger partial charge in [0.1, 0.15) is 0 Å². The summed E-state index contributed by atoms with van der Waals surface area (Å²) in [5.41, 5.74) is 2.62. The number of nitrogens with zero attached hydrogens (tertiary/aromatic N) is 2. The zero-order chi connectivity index (χ0) is 12.4. The molecule has 1 aromatic rings. The van der Waals surface area contributed by atoms with Crippen LogP contribution >= 0.6 is 0 Å². The molecule has 18 heavy (non-hydrogen) atoms. The van der Waals surface area contributed by atoms with Crippen molar-refractivity contribution >= 4 is 5.69 Å². The van der Waals surface area contributed by atoms with Crippen LogP contribution in [0.15, 0.2) is 18.5 Å². The maximum Gasteiger partial charge on any atom is 0.0779 e.